The third-order valence-corrected chi connectivity index (χ3v) is 5.68. The van der Waals surface area contributed by atoms with Crippen LogP contribution in [0.4, 0.5) is 0 Å². The first-order valence-corrected chi connectivity index (χ1v) is 8.51. The van der Waals surface area contributed by atoms with Crippen molar-refractivity contribution in [2.75, 3.05) is 6.54 Å². The Kier molecular flexibility index (Phi) is 3.52. The lowest BCUT2D eigenvalue weighted by Crippen LogP contribution is -2.28. The summed E-state index contributed by atoms with van der Waals surface area (Å²) in [6.45, 7) is 0.488. The Morgan fingerprint density at radius 3 is 2.80 bits per heavy atom. The molecule has 0 amide bonds. The molecule has 1 aliphatic rings. The number of aryl methyl sites for hydroxylation is 2. The molecule has 1 fully saturated rings. The molecule has 1 aliphatic carbocycles. The largest absolute Gasteiger partial charge is 0.331 e. The molecule has 1 aromatic carbocycles. The molecule has 0 bridgehead atoms. The summed E-state index contributed by atoms with van der Waals surface area (Å²) in [4.78, 5) is 4.58. The van der Waals surface area contributed by atoms with Crippen LogP contribution in [0.3, 0.4) is 0 Å². The predicted molar refractivity (Wildman–Crippen MR) is 79.0 cm³/mol. The van der Waals surface area contributed by atoms with Crippen molar-refractivity contribution in [1.82, 2.24) is 14.3 Å². The molecule has 1 heterocycles. The average Bonchev–Trinajstić information content (AvgIpc) is 3.23. The van der Waals surface area contributed by atoms with Crippen LogP contribution in [0.5, 0.6) is 0 Å². The van der Waals surface area contributed by atoms with Gasteiger partial charge in [-0.2, -0.15) is 0 Å². The fourth-order valence-corrected chi connectivity index (χ4v) is 3.80. The molecular weight excluding hydrogens is 274 g/mol. The number of fused-ring (bicyclic) bond motifs is 1. The summed E-state index contributed by atoms with van der Waals surface area (Å²) in [5, 5.41) is -0.141. The van der Waals surface area contributed by atoms with Gasteiger partial charge in [0.2, 0.25) is 10.0 Å². The lowest BCUT2D eigenvalue weighted by Gasteiger charge is -2.05. The van der Waals surface area contributed by atoms with Crippen LogP contribution >= 0.6 is 0 Å². The van der Waals surface area contributed by atoms with Crippen molar-refractivity contribution in [1.29, 1.82) is 0 Å². The van der Waals surface area contributed by atoms with Crippen molar-refractivity contribution < 1.29 is 8.42 Å². The van der Waals surface area contributed by atoms with Gasteiger partial charge in [0.25, 0.3) is 0 Å². The number of hydrogen-bond acceptors (Lipinski definition) is 3. The van der Waals surface area contributed by atoms with Crippen LogP contribution in [0.15, 0.2) is 24.3 Å². The van der Waals surface area contributed by atoms with E-state index < -0.39 is 10.0 Å². The van der Waals surface area contributed by atoms with Gasteiger partial charge >= 0.3 is 0 Å². The molecule has 108 valence electrons. The maximum Gasteiger partial charge on any atom is 0.214 e. The van der Waals surface area contributed by atoms with Crippen LogP contribution < -0.4 is 4.72 Å². The van der Waals surface area contributed by atoms with Gasteiger partial charge in [0.15, 0.2) is 0 Å². The van der Waals surface area contributed by atoms with Crippen molar-refractivity contribution in [2.24, 2.45) is 7.05 Å². The smallest absolute Gasteiger partial charge is 0.214 e. The summed E-state index contributed by atoms with van der Waals surface area (Å²) in [5.41, 5.74) is 2.10. The Morgan fingerprint density at radius 2 is 2.10 bits per heavy atom. The number of rotatable bonds is 6. The molecule has 0 saturated heterocycles. The molecular formula is C14H19N3O2S. The second-order valence-corrected chi connectivity index (χ2v) is 7.36. The fraction of sp³-hybridized carbons (Fsp3) is 0.500. The minimum absolute atomic E-state index is 0.141. The van der Waals surface area contributed by atoms with Crippen LogP contribution in [0, 0.1) is 0 Å². The van der Waals surface area contributed by atoms with Crippen LogP contribution in [0.2, 0.25) is 0 Å². The highest BCUT2D eigenvalue weighted by Gasteiger charge is 2.35. The van der Waals surface area contributed by atoms with Crippen molar-refractivity contribution in [2.45, 2.75) is 30.9 Å². The Morgan fingerprint density at radius 1 is 1.35 bits per heavy atom. The van der Waals surface area contributed by atoms with Crippen LogP contribution in [0.1, 0.15) is 25.1 Å². The number of nitrogens with zero attached hydrogens (tertiary/aromatic N) is 2. The lowest BCUT2D eigenvalue weighted by molar-refractivity contribution is 0.576. The monoisotopic (exact) mass is 293 g/mol. The van der Waals surface area contributed by atoms with E-state index >= 15 is 0 Å². The minimum Gasteiger partial charge on any atom is -0.331 e. The fourth-order valence-electron chi connectivity index (χ4n) is 2.38. The molecule has 6 heteroatoms. The van der Waals surface area contributed by atoms with E-state index in [0.29, 0.717) is 6.54 Å². The normalized spacial score (nSPS) is 15.8. The molecule has 0 spiro atoms. The Balaban J connectivity index is 1.58. The van der Waals surface area contributed by atoms with E-state index in [2.05, 4.69) is 14.3 Å². The van der Waals surface area contributed by atoms with E-state index in [1.807, 2.05) is 31.3 Å². The summed E-state index contributed by atoms with van der Waals surface area (Å²) >= 11 is 0. The van der Waals surface area contributed by atoms with Crippen LogP contribution in [-0.2, 0) is 23.5 Å². The first-order chi connectivity index (χ1) is 9.58. The lowest BCUT2D eigenvalue weighted by atomic mass is 10.3. The Bertz CT molecular complexity index is 717. The van der Waals surface area contributed by atoms with Crippen molar-refractivity contribution in [3.63, 3.8) is 0 Å². The second-order valence-electron chi connectivity index (χ2n) is 5.32. The molecule has 1 N–H and O–H groups in total. The van der Waals surface area contributed by atoms with Gasteiger partial charge in [0, 0.05) is 20.0 Å². The number of hydrogen-bond donors (Lipinski definition) is 1. The number of para-hydroxylation sites is 2. The van der Waals surface area contributed by atoms with Crippen LogP contribution in [0.25, 0.3) is 11.0 Å². The van der Waals surface area contributed by atoms with Gasteiger partial charge in [0.05, 0.1) is 16.3 Å². The van der Waals surface area contributed by atoms with Gasteiger partial charge in [0.1, 0.15) is 5.82 Å². The SMILES string of the molecule is Cn1c(CCCNS(=O)(=O)C2CC2)nc2ccccc21. The third-order valence-electron chi connectivity index (χ3n) is 3.72. The quantitative estimate of drug-likeness (QED) is 0.823. The second kappa shape index (κ2) is 5.18. The van der Waals surface area contributed by atoms with Crippen molar-refractivity contribution in [3.05, 3.63) is 30.1 Å². The maximum absolute atomic E-state index is 11.7. The highest BCUT2D eigenvalue weighted by molar-refractivity contribution is 7.90. The van der Waals surface area contributed by atoms with Gasteiger partial charge in [-0.3, -0.25) is 0 Å². The molecule has 0 atom stereocenters. The summed E-state index contributed by atoms with van der Waals surface area (Å²) < 4.78 is 28.1. The zero-order valence-corrected chi connectivity index (χ0v) is 12.4. The van der Waals surface area contributed by atoms with E-state index in [9.17, 15) is 8.42 Å². The van der Waals surface area contributed by atoms with Gasteiger partial charge in [-0.15, -0.1) is 0 Å². The summed E-state index contributed by atoms with van der Waals surface area (Å²) in [5.74, 6) is 0.997. The summed E-state index contributed by atoms with van der Waals surface area (Å²) in [6.07, 6.45) is 3.15. The molecule has 1 aromatic heterocycles. The average molecular weight is 293 g/mol. The molecule has 1 saturated carbocycles. The van der Waals surface area contributed by atoms with E-state index in [1.165, 1.54) is 0 Å². The van der Waals surface area contributed by atoms with E-state index in [1.54, 1.807) is 0 Å². The molecule has 0 radical (unpaired) electrons. The first-order valence-electron chi connectivity index (χ1n) is 6.97. The topological polar surface area (TPSA) is 64.0 Å². The van der Waals surface area contributed by atoms with Crippen molar-refractivity contribution >= 4 is 21.1 Å². The van der Waals surface area contributed by atoms with Gasteiger partial charge in [-0.25, -0.2) is 18.1 Å². The molecule has 20 heavy (non-hydrogen) atoms. The van der Waals surface area contributed by atoms with E-state index in [0.717, 1.165) is 42.5 Å². The highest BCUT2D eigenvalue weighted by Crippen LogP contribution is 2.27. The third kappa shape index (κ3) is 2.71. The zero-order chi connectivity index (χ0) is 14.2. The summed E-state index contributed by atoms with van der Waals surface area (Å²) in [7, 11) is -1.05. The maximum atomic E-state index is 11.7. The Hall–Kier alpha value is -1.40. The van der Waals surface area contributed by atoms with Gasteiger partial charge in [-0.1, -0.05) is 12.1 Å². The van der Waals surface area contributed by atoms with Gasteiger partial charge < -0.3 is 4.57 Å². The molecule has 3 rings (SSSR count). The van der Waals surface area contributed by atoms with Gasteiger partial charge in [-0.05, 0) is 31.4 Å². The molecule has 0 unspecified atom stereocenters. The van der Waals surface area contributed by atoms with Crippen LogP contribution in [-0.4, -0.2) is 29.8 Å². The predicted octanol–water partition coefficient (Wildman–Crippen LogP) is 1.59. The number of aromatic nitrogens is 2. The van der Waals surface area contributed by atoms with E-state index in [-0.39, 0.29) is 5.25 Å². The summed E-state index contributed by atoms with van der Waals surface area (Å²) in [6, 6.07) is 8.01. The number of sulfonamides is 1. The number of benzene rings is 1. The number of nitrogens with one attached hydrogen (secondary N) is 1. The molecule has 2 aromatic rings. The standard InChI is InChI=1S/C14H19N3O2S/c1-17-13-6-3-2-5-12(13)16-14(17)7-4-10-15-20(18,19)11-8-9-11/h2-3,5-6,11,15H,4,7-10H2,1H3. The number of imidazole rings is 1. The zero-order valence-electron chi connectivity index (χ0n) is 11.5. The first kappa shape index (κ1) is 13.6. The molecule has 0 aliphatic heterocycles. The van der Waals surface area contributed by atoms with Crippen molar-refractivity contribution in [3.8, 4) is 0 Å². The molecule has 5 nitrogen and oxygen atoms in total. The highest BCUT2D eigenvalue weighted by atomic mass is 32.2. The van der Waals surface area contributed by atoms with E-state index in [4.69, 9.17) is 0 Å². The Labute approximate surface area is 119 Å². The minimum atomic E-state index is -3.05.